The molecule has 0 radical (unpaired) electrons. The first kappa shape index (κ1) is 14.6. The van der Waals surface area contributed by atoms with E-state index < -0.39 is 12.5 Å². The second-order valence-corrected chi connectivity index (χ2v) is 4.35. The molecular formula is C16H15NO4. The molecule has 0 saturated carbocycles. The fourth-order valence-corrected chi connectivity index (χ4v) is 1.91. The summed E-state index contributed by atoms with van der Waals surface area (Å²) in [5, 5.41) is 9.02. The Morgan fingerprint density at radius 1 is 1.05 bits per heavy atom. The first-order chi connectivity index (χ1) is 10.1. The molecule has 2 aromatic rings. The second kappa shape index (κ2) is 6.56. The van der Waals surface area contributed by atoms with Gasteiger partial charge in [0.15, 0.2) is 0 Å². The van der Waals surface area contributed by atoms with E-state index in [1.165, 1.54) is 4.90 Å². The molecule has 0 aliphatic heterocycles. The van der Waals surface area contributed by atoms with Crippen molar-refractivity contribution in [2.45, 2.75) is 0 Å². The summed E-state index contributed by atoms with van der Waals surface area (Å²) < 4.78 is 5.06. The van der Waals surface area contributed by atoms with Gasteiger partial charge >= 0.3 is 5.97 Å². The number of methoxy groups -OCH3 is 1. The Hall–Kier alpha value is -2.82. The SMILES string of the molecule is COc1ccc(N(CC(=O)O)C(=O)c2ccccc2)cc1. The van der Waals surface area contributed by atoms with Gasteiger partial charge in [0.25, 0.3) is 5.91 Å². The fourth-order valence-electron chi connectivity index (χ4n) is 1.91. The van der Waals surface area contributed by atoms with Gasteiger partial charge in [0.1, 0.15) is 12.3 Å². The number of rotatable bonds is 5. The minimum atomic E-state index is -1.07. The van der Waals surface area contributed by atoms with E-state index in [0.29, 0.717) is 17.0 Å². The second-order valence-electron chi connectivity index (χ2n) is 4.35. The minimum absolute atomic E-state index is 0.358. The molecule has 0 unspecified atom stereocenters. The van der Waals surface area contributed by atoms with Crippen LogP contribution in [0.2, 0.25) is 0 Å². The number of hydrogen-bond donors (Lipinski definition) is 1. The zero-order chi connectivity index (χ0) is 15.2. The van der Waals surface area contributed by atoms with Crippen LogP contribution in [-0.2, 0) is 4.79 Å². The molecule has 0 aromatic heterocycles. The van der Waals surface area contributed by atoms with Gasteiger partial charge in [-0.3, -0.25) is 14.5 Å². The van der Waals surface area contributed by atoms with Gasteiger partial charge in [-0.1, -0.05) is 18.2 Å². The highest BCUT2D eigenvalue weighted by molar-refractivity contribution is 6.08. The highest BCUT2D eigenvalue weighted by Gasteiger charge is 2.20. The lowest BCUT2D eigenvalue weighted by molar-refractivity contribution is -0.135. The Bertz CT molecular complexity index is 622. The van der Waals surface area contributed by atoms with Crippen LogP contribution in [0.4, 0.5) is 5.69 Å². The standard InChI is InChI=1S/C16H15NO4/c1-21-14-9-7-13(8-10-14)17(11-15(18)19)16(20)12-5-3-2-4-6-12/h2-10H,11H2,1H3,(H,18,19). The number of aliphatic carboxylic acids is 1. The maximum absolute atomic E-state index is 12.5. The van der Waals surface area contributed by atoms with Gasteiger partial charge in [-0.15, -0.1) is 0 Å². The van der Waals surface area contributed by atoms with Crippen LogP contribution >= 0.6 is 0 Å². The number of amides is 1. The predicted molar refractivity (Wildman–Crippen MR) is 78.7 cm³/mol. The Morgan fingerprint density at radius 3 is 2.19 bits per heavy atom. The molecule has 21 heavy (non-hydrogen) atoms. The summed E-state index contributed by atoms with van der Waals surface area (Å²) in [7, 11) is 1.54. The van der Waals surface area contributed by atoms with Gasteiger partial charge in [0.05, 0.1) is 7.11 Å². The maximum atomic E-state index is 12.5. The van der Waals surface area contributed by atoms with Crippen LogP contribution in [-0.4, -0.2) is 30.6 Å². The normalized spacial score (nSPS) is 9.95. The average Bonchev–Trinajstić information content (AvgIpc) is 2.53. The van der Waals surface area contributed by atoms with E-state index in [0.717, 1.165) is 0 Å². The van der Waals surface area contributed by atoms with Gasteiger partial charge < -0.3 is 9.84 Å². The quantitative estimate of drug-likeness (QED) is 0.916. The molecule has 2 rings (SSSR count). The average molecular weight is 285 g/mol. The molecule has 0 saturated heterocycles. The summed E-state index contributed by atoms with van der Waals surface area (Å²) in [6, 6.07) is 15.3. The van der Waals surface area contributed by atoms with Crippen molar-refractivity contribution in [1.29, 1.82) is 0 Å². The molecule has 0 heterocycles. The summed E-state index contributed by atoms with van der Waals surface area (Å²) in [6.07, 6.45) is 0. The zero-order valence-electron chi connectivity index (χ0n) is 11.5. The maximum Gasteiger partial charge on any atom is 0.323 e. The van der Waals surface area contributed by atoms with E-state index in [1.54, 1.807) is 61.7 Å². The lowest BCUT2D eigenvalue weighted by atomic mass is 10.1. The fraction of sp³-hybridized carbons (Fsp3) is 0.125. The molecule has 5 heteroatoms. The molecule has 0 aliphatic carbocycles. The molecular weight excluding hydrogens is 270 g/mol. The van der Waals surface area contributed by atoms with E-state index in [-0.39, 0.29) is 5.91 Å². The third kappa shape index (κ3) is 3.60. The molecule has 108 valence electrons. The number of benzene rings is 2. The highest BCUT2D eigenvalue weighted by atomic mass is 16.5. The van der Waals surface area contributed by atoms with Gasteiger partial charge in [-0.05, 0) is 36.4 Å². The van der Waals surface area contributed by atoms with Crippen molar-refractivity contribution in [3.63, 3.8) is 0 Å². The van der Waals surface area contributed by atoms with Gasteiger partial charge in [0.2, 0.25) is 0 Å². The zero-order valence-corrected chi connectivity index (χ0v) is 11.5. The summed E-state index contributed by atoms with van der Waals surface area (Å²) in [5.41, 5.74) is 0.946. The van der Waals surface area contributed by atoms with Crippen LogP contribution < -0.4 is 9.64 Å². The molecule has 0 bridgehead atoms. The smallest absolute Gasteiger partial charge is 0.323 e. The molecule has 2 aromatic carbocycles. The number of nitrogens with zero attached hydrogens (tertiary/aromatic N) is 1. The number of anilines is 1. The monoisotopic (exact) mass is 285 g/mol. The number of carboxylic acids is 1. The highest BCUT2D eigenvalue weighted by Crippen LogP contribution is 2.21. The van der Waals surface area contributed by atoms with E-state index in [2.05, 4.69) is 0 Å². The number of ether oxygens (including phenoxy) is 1. The number of carbonyl (C=O) groups is 2. The Labute approximate surface area is 122 Å². The van der Waals surface area contributed by atoms with Crippen molar-refractivity contribution in [1.82, 2.24) is 0 Å². The molecule has 5 nitrogen and oxygen atoms in total. The van der Waals surface area contributed by atoms with Gasteiger partial charge in [0, 0.05) is 11.3 Å². The van der Waals surface area contributed by atoms with E-state index in [9.17, 15) is 9.59 Å². The Morgan fingerprint density at radius 2 is 1.67 bits per heavy atom. The lowest BCUT2D eigenvalue weighted by Gasteiger charge is -2.21. The molecule has 0 fully saturated rings. The van der Waals surface area contributed by atoms with Crippen LogP contribution in [0.1, 0.15) is 10.4 Å². The van der Waals surface area contributed by atoms with Gasteiger partial charge in [-0.2, -0.15) is 0 Å². The summed E-state index contributed by atoms with van der Waals surface area (Å²) in [4.78, 5) is 24.7. The van der Waals surface area contributed by atoms with E-state index >= 15 is 0 Å². The van der Waals surface area contributed by atoms with Crippen molar-refractivity contribution >= 4 is 17.6 Å². The van der Waals surface area contributed by atoms with E-state index in [1.807, 2.05) is 0 Å². The number of carboxylic acid groups (broad SMARTS) is 1. The first-order valence-electron chi connectivity index (χ1n) is 6.34. The van der Waals surface area contributed by atoms with Crippen molar-refractivity contribution in [3.8, 4) is 5.75 Å². The summed E-state index contributed by atoms with van der Waals surface area (Å²) in [6.45, 7) is -0.403. The third-order valence-electron chi connectivity index (χ3n) is 2.94. The van der Waals surface area contributed by atoms with Crippen molar-refractivity contribution in [2.24, 2.45) is 0 Å². The van der Waals surface area contributed by atoms with Crippen LogP contribution in [0.15, 0.2) is 54.6 Å². The Balaban J connectivity index is 2.33. The molecule has 1 amide bonds. The third-order valence-corrected chi connectivity index (χ3v) is 2.94. The Kier molecular flexibility index (Phi) is 4.56. The lowest BCUT2D eigenvalue weighted by Crippen LogP contribution is -2.35. The molecule has 0 aliphatic rings. The molecule has 1 N–H and O–H groups in total. The topological polar surface area (TPSA) is 66.8 Å². The van der Waals surface area contributed by atoms with Crippen LogP contribution in [0.25, 0.3) is 0 Å². The largest absolute Gasteiger partial charge is 0.497 e. The predicted octanol–water partition coefficient (Wildman–Crippen LogP) is 2.43. The van der Waals surface area contributed by atoms with Crippen LogP contribution in [0.5, 0.6) is 5.75 Å². The van der Waals surface area contributed by atoms with Crippen LogP contribution in [0, 0.1) is 0 Å². The van der Waals surface area contributed by atoms with E-state index in [4.69, 9.17) is 9.84 Å². The van der Waals surface area contributed by atoms with Crippen molar-refractivity contribution in [2.75, 3.05) is 18.6 Å². The summed E-state index contributed by atoms with van der Waals surface area (Å²) in [5.74, 6) is -0.792. The van der Waals surface area contributed by atoms with Gasteiger partial charge in [-0.25, -0.2) is 0 Å². The minimum Gasteiger partial charge on any atom is -0.497 e. The van der Waals surface area contributed by atoms with Crippen LogP contribution in [0.3, 0.4) is 0 Å². The number of hydrogen-bond acceptors (Lipinski definition) is 3. The summed E-state index contributed by atoms with van der Waals surface area (Å²) >= 11 is 0. The molecule has 0 atom stereocenters. The first-order valence-corrected chi connectivity index (χ1v) is 6.34. The molecule has 0 spiro atoms. The number of carbonyl (C=O) groups excluding carboxylic acids is 1. The van der Waals surface area contributed by atoms with Crippen molar-refractivity contribution < 1.29 is 19.4 Å². The van der Waals surface area contributed by atoms with Crippen molar-refractivity contribution in [3.05, 3.63) is 60.2 Å².